The molecule has 0 amide bonds. The number of ether oxygens (including phenoxy) is 1. The van der Waals surface area contributed by atoms with Crippen LogP contribution in [0.5, 0.6) is 11.5 Å². The average molecular weight is 323 g/mol. The largest absolute Gasteiger partial charge is 0.504 e. The van der Waals surface area contributed by atoms with Gasteiger partial charge >= 0.3 is 0 Å². The molecule has 0 unspecified atom stereocenters. The van der Waals surface area contributed by atoms with E-state index in [-0.39, 0.29) is 11.6 Å². The van der Waals surface area contributed by atoms with Crippen molar-refractivity contribution in [1.29, 1.82) is 0 Å². The van der Waals surface area contributed by atoms with Gasteiger partial charge in [0.25, 0.3) is 0 Å². The third-order valence-corrected chi connectivity index (χ3v) is 3.56. The van der Waals surface area contributed by atoms with Gasteiger partial charge in [-0.25, -0.2) is 14.5 Å². The summed E-state index contributed by atoms with van der Waals surface area (Å²) >= 11 is 0. The third kappa shape index (κ3) is 2.21. The number of methoxy groups -OCH3 is 1. The highest BCUT2D eigenvalue weighted by Gasteiger charge is 2.14. The van der Waals surface area contributed by atoms with Gasteiger partial charge in [-0.3, -0.25) is 0 Å². The normalized spacial score (nSPS) is 11.0. The number of fused-ring (bicyclic) bond motifs is 1. The number of nitrogen functional groups attached to an aromatic ring is 1. The summed E-state index contributed by atoms with van der Waals surface area (Å²) in [7, 11) is 1.48. The molecule has 8 heteroatoms. The average Bonchev–Trinajstić information content (AvgIpc) is 3.24. The van der Waals surface area contributed by atoms with Crippen LogP contribution in [0.2, 0.25) is 0 Å². The van der Waals surface area contributed by atoms with E-state index in [4.69, 9.17) is 14.9 Å². The molecule has 120 valence electrons. The summed E-state index contributed by atoms with van der Waals surface area (Å²) in [5.74, 6) is 1.61. The number of hydrogen-bond acceptors (Lipinski definition) is 7. The highest BCUT2D eigenvalue weighted by molar-refractivity contribution is 5.70. The molecular weight excluding hydrogens is 310 g/mol. The van der Waals surface area contributed by atoms with E-state index in [9.17, 15) is 5.11 Å². The number of aromatic hydroxyl groups is 1. The second-order valence-corrected chi connectivity index (χ2v) is 5.08. The van der Waals surface area contributed by atoms with Crippen LogP contribution in [-0.4, -0.2) is 31.8 Å². The van der Waals surface area contributed by atoms with Crippen molar-refractivity contribution in [2.45, 2.75) is 0 Å². The van der Waals surface area contributed by atoms with E-state index in [0.29, 0.717) is 28.7 Å². The maximum atomic E-state index is 9.71. The van der Waals surface area contributed by atoms with Crippen LogP contribution in [0.4, 0.5) is 5.82 Å². The summed E-state index contributed by atoms with van der Waals surface area (Å²) < 4.78 is 12.0. The maximum absolute atomic E-state index is 9.71. The van der Waals surface area contributed by atoms with Crippen molar-refractivity contribution in [3.05, 3.63) is 42.8 Å². The first-order chi connectivity index (χ1) is 11.7. The van der Waals surface area contributed by atoms with E-state index in [1.54, 1.807) is 41.2 Å². The highest BCUT2D eigenvalue weighted by Crippen LogP contribution is 2.31. The molecule has 0 aliphatic heterocycles. The van der Waals surface area contributed by atoms with Crippen LogP contribution < -0.4 is 10.5 Å². The number of phenolic OH excluding ortho intramolecular Hbond substituents is 1. The number of anilines is 1. The van der Waals surface area contributed by atoms with Crippen molar-refractivity contribution in [2.24, 2.45) is 0 Å². The van der Waals surface area contributed by atoms with E-state index < -0.39 is 0 Å². The summed E-state index contributed by atoms with van der Waals surface area (Å²) in [6, 6.07) is 8.45. The van der Waals surface area contributed by atoms with Crippen molar-refractivity contribution in [2.75, 3.05) is 12.8 Å². The number of nitrogens with two attached hydrogens (primary N) is 1. The first kappa shape index (κ1) is 14.1. The monoisotopic (exact) mass is 323 g/mol. The van der Waals surface area contributed by atoms with Gasteiger partial charge in [0.05, 0.1) is 25.3 Å². The lowest BCUT2D eigenvalue weighted by molar-refractivity contribution is 0.373. The molecule has 8 nitrogen and oxygen atoms in total. The molecule has 0 aliphatic carbocycles. The molecule has 0 aliphatic rings. The van der Waals surface area contributed by atoms with Gasteiger partial charge in [0.2, 0.25) is 5.82 Å². The van der Waals surface area contributed by atoms with Gasteiger partial charge in [0, 0.05) is 5.56 Å². The molecule has 0 fully saturated rings. The molecule has 0 atom stereocenters. The van der Waals surface area contributed by atoms with Crippen LogP contribution in [0.15, 0.2) is 47.2 Å². The molecule has 3 heterocycles. The number of benzene rings is 1. The molecule has 0 radical (unpaired) electrons. The molecular formula is C16H13N5O3. The predicted molar refractivity (Wildman–Crippen MR) is 86.5 cm³/mol. The van der Waals surface area contributed by atoms with Gasteiger partial charge in [0.15, 0.2) is 28.7 Å². The van der Waals surface area contributed by atoms with Gasteiger partial charge in [-0.2, -0.15) is 0 Å². The number of nitrogens with zero attached hydrogens (tertiary/aromatic N) is 4. The quantitative estimate of drug-likeness (QED) is 0.595. The fourth-order valence-corrected chi connectivity index (χ4v) is 2.40. The van der Waals surface area contributed by atoms with Crippen LogP contribution in [0.1, 0.15) is 0 Å². The minimum atomic E-state index is 0.0520. The maximum Gasteiger partial charge on any atom is 0.218 e. The topological polar surface area (TPSA) is 112 Å². The highest BCUT2D eigenvalue weighted by atomic mass is 16.5. The zero-order valence-electron chi connectivity index (χ0n) is 12.7. The van der Waals surface area contributed by atoms with Crippen LogP contribution in [-0.2, 0) is 0 Å². The van der Waals surface area contributed by atoms with E-state index in [2.05, 4.69) is 15.1 Å². The Morgan fingerprint density at radius 1 is 1.25 bits per heavy atom. The Balaban J connectivity index is 1.85. The number of aromatic nitrogens is 4. The molecule has 0 saturated carbocycles. The lowest BCUT2D eigenvalue weighted by atomic mass is 10.1. The number of hydrogen-bond donors (Lipinski definition) is 2. The first-order valence-electron chi connectivity index (χ1n) is 7.10. The van der Waals surface area contributed by atoms with Crippen LogP contribution in [0, 0.1) is 0 Å². The fourth-order valence-electron chi connectivity index (χ4n) is 2.40. The SMILES string of the molecule is COc1cc(-c2cn3nc(-c4ccco4)nc3c(N)n2)ccc1O. The number of phenols is 1. The van der Waals surface area contributed by atoms with Crippen molar-refractivity contribution < 1.29 is 14.3 Å². The van der Waals surface area contributed by atoms with E-state index >= 15 is 0 Å². The molecule has 0 spiro atoms. The van der Waals surface area contributed by atoms with E-state index in [0.717, 1.165) is 5.56 Å². The Morgan fingerprint density at radius 2 is 2.12 bits per heavy atom. The second-order valence-electron chi connectivity index (χ2n) is 5.08. The van der Waals surface area contributed by atoms with E-state index in [1.165, 1.54) is 13.2 Å². The minimum Gasteiger partial charge on any atom is -0.504 e. The van der Waals surface area contributed by atoms with Crippen molar-refractivity contribution in [1.82, 2.24) is 19.6 Å². The Bertz CT molecular complexity index is 1020. The standard InChI is InChI=1S/C16H13N5O3/c1-23-13-7-9(4-5-11(13)22)10-8-21-16(14(17)18-10)19-15(20-21)12-3-2-6-24-12/h2-8,22H,1H3,(H2,17,18). The summed E-state index contributed by atoms with van der Waals surface area (Å²) in [6.07, 6.45) is 3.26. The van der Waals surface area contributed by atoms with Crippen LogP contribution in [0.25, 0.3) is 28.5 Å². The molecule has 24 heavy (non-hydrogen) atoms. The molecule has 3 aromatic heterocycles. The molecule has 0 bridgehead atoms. The van der Waals surface area contributed by atoms with Gasteiger partial charge < -0.3 is 20.0 Å². The van der Waals surface area contributed by atoms with Crippen molar-refractivity contribution >= 4 is 11.5 Å². The van der Waals surface area contributed by atoms with Gasteiger partial charge in [0.1, 0.15) is 0 Å². The predicted octanol–water partition coefficient (Wildman–Crippen LogP) is 2.35. The smallest absolute Gasteiger partial charge is 0.218 e. The minimum absolute atomic E-state index is 0.0520. The number of furan rings is 1. The fraction of sp³-hybridized carbons (Fsp3) is 0.0625. The zero-order chi connectivity index (χ0) is 16.7. The molecule has 4 aromatic rings. The Hall–Kier alpha value is -3.55. The van der Waals surface area contributed by atoms with Crippen molar-refractivity contribution in [3.63, 3.8) is 0 Å². The summed E-state index contributed by atoms with van der Waals surface area (Å²) in [5, 5.41) is 14.1. The first-order valence-corrected chi connectivity index (χ1v) is 7.10. The van der Waals surface area contributed by atoms with Crippen LogP contribution >= 0.6 is 0 Å². The summed E-state index contributed by atoms with van der Waals surface area (Å²) in [6.45, 7) is 0. The van der Waals surface area contributed by atoms with E-state index in [1.807, 2.05) is 0 Å². The molecule has 0 saturated heterocycles. The Kier molecular flexibility index (Phi) is 3.09. The third-order valence-electron chi connectivity index (χ3n) is 3.56. The van der Waals surface area contributed by atoms with Gasteiger partial charge in [-0.1, -0.05) is 0 Å². The number of rotatable bonds is 3. The van der Waals surface area contributed by atoms with Gasteiger partial charge in [-0.05, 0) is 30.3 Å². The lowest BCUT2D eigenvalue weighted by Crippen LogP contribution is -2.00. The second kappa shape index (κ2) is 5.27. The lowest BCUT2D eigenvalue weighted by Gasteiger charge is -2.07. The molecule has 1 aromatic carbocycles. The van der Waals surface area contributed by atoms with Crippen molar-refractivity contribution in [3.8, 4) is 34.3 Å². The Labute approximate surface area is 136 Å². The summed E-state index contributed by atoms with van der Waals surface area (Å²) in [4.78, 5) is 8.70. The molecule has 3 N–H and O–H groups in total. The van der Waals surface area contributed by atoms with Crippen LogP contribution in [0.3, 0.4) is 0 Å². The zero-order valence-corrected chi connectivity index (χ0v) is 12.7. The summed E-state index contributed by atoms with van der Waals surface area (Å²) in [5.41, 5.74) is 7.76. The Morgan fingerprint density at radius 3 is 2.88 bits per heavy atom. The van der Waals surface area contributed by atoms with Gasteiger partial charge in [-0.15, -0.1) is 5.10 Å². The molecule has 4 rings (SSSR count).